The number of carbonyl (C=O) groups excluding carboxylic acids is 1. The molecule has 6 nitrogen and oxygen atoms in total. The first-order valence-electron chi connectivity index (χ1n) is 12.1. The van der Waals surface area contributed by atoms with Gasteiger partial charge in [0.1, 0.15) is 24.0 Å². The van der Waals surface area contributed by atoms with Gasteiger partial charge in [0.15, 0.2) is 0 Å². The fourth-order valence-electron chi connectivity index (χ4n) is 3.78. The molecule has 0 saturated heterocycles. The number of aromatic nitrogens is 2. The molecule has 4 rings (SSSR count). The van der Waals surface area contributed by atoms with E-state index in [4.69, 9.17) is 4.74 Å². The number of hydrogen-bond donors (Lipinski definition) is 1. The predicted molar refractivity (Wildman–Crippen MR) is 140 cm³/mol. The minimum Gasteiger partial charge on any atom is -0.490 e. The van der Waals surface area contributed by atoms with Crippen molar-refractivity contribution in [1.29, 1.82) is 0 Å². The lowest BCUT2D eigenvalue weighted by molar-refractivity contribution is 0.101. The van der Waals surface area contributed by atoms with E-state index < -0.39 is 5.91 Å². The maximum absolute atomic E-state index is 13.5. The van der Waals surface area contributed by atoms with Gasteiger partial charge in [-0.15, -0.1) is 0 Å². The summed E-state index contributed by atoms with van der Waals surface area (Å²) in [5.74, 6) is -0.845. The highest BCUT2D eigenvalue weighted by Gasteiger charge is 2.17. The van der Waals surface area contributed by atoms with Crippen molar-refractivity contribution in [2.45, 2.75) is 13.8 Å². The van der Waals surface area contributed by atoms with Gasteiger partial charge in [-0.3, -0.25) is 4.79 Å². The number of hydrogen-bond acceptors (Lipinski definition) is 5. The highest BCUT2D eigenvalue weighted by atomic mass is 19.1. The summed E-state index contributed by atoms with van der Waals surface area (Å²) >= 11 is 0. The Morgan fingerprint density at radius 1 is 0.838 bits per heavy atom. The van der Waals surface area contributed by atoms with E-state index in [0.717, 1.165) is 19.6 Å². The molecule has 8 heteroatoms. The van der Waals surface area contributed by atoms with Gasteiger partial charge >= 0.3 is 0 Å². The molecule has 1 N–H and O–H groups in total. The normalized spacial score (nSPS) is 10.9. The van der Waals surface area contributed by atoms with Crippen molar-refractivity contribution >= 4 is 11.6 Å². The van der Waals surface area contributed by atoms with Crippen LogP contribution in [0.5, 0.6) is 5.75 Å². The Hall–Kier alpha value is -4.17. The van der Waals surface area contributed by atoms with E-state index in [1.165, 1.54) is 24.3 Å². The zero-order valence-electron chi connectivity index (χ0n) is 20.7. The van der Waals surface area contributed by atoms with Crippen molar-refractivity contribution in [3.05, 3.63) is 96.3 Å². The minimum atomic E-state index is -0.535. The smallest absolute Gasteiger partial charge is 0.293 e. The molecule has 0 spiro atoms. The van der Waals surface area contributed by atoms with Crippen molar-refractivity contribution < 1.29 is 18.3 Å². The summed E-state index contributed by atoms with van der Waals surface area (Å²) in [5.41, 5.74) is 2.58. The van der Waals surface area contributed by atoms with E-state index in [1.54, 1.807) is 48.5 Å². The topological polar surface area (TPSA) is 67.3 Å². The zero-order chi connectivity index (χ0) is 26.2. The molecule has 1 amide bonds. The van der Waals surface area contributed by atoms with Gasteiger partial charge in [-0.25, -0.2) is 18.7 Å². The van der Waals surface area contributed by atoms with Crippen LogP contribution in [0.3, 0.4) is 0 Å². The second-order valence-electron chi connectivity index (χ2n) is 8.30. The molecule has 0 aliphatic heterocycles. The lowest BCUT2D eigenvalue weighted by Crippen LogP contribution is -2.28. The van der Waals surface area contributed by atoms with Crippen molar-refractivity contribution in [3.63, 3.8) is 0 Å². The number of carbonyl (C=O) groups is 1. The molecule has 0 atom stereocenters. The molecule has 1 heterocycles. The van der Waals surface area contributed by atoms with Crippen LogP contribution in [0.2, 0.25) is 0 Å². The Balaban J connectivity index is 1.63. The van der Waals surface area contributed by atoms with E-state index in [0.29, 0.717) is 40.6 Å². The van der Waals surface area contributed by atoms with Gasteiger partial charge in [-0.1, -0.05) is 26.0 Å². The van der Waals surface area contributed by atoms with E-state index in [1.807, 2.05) is 6.07 Å². The maximum atomic E-state index is 13.5. The van der Waals surface area contributed by atoms with Crippen LogP contribution < -0.4 is 10.1 Å². The van der Waals surface area contributed by atoms with Gasteiger partial charge in [-0.05, 0) is 79.8 Å². The fraction of sp³-hybridized carbons (Fsp3) is 0.207. The predicted octanol–water partition coefficient (Wildman–Crippen LogP) is 6.06. The van der Waals surface area contributed by atoms with Crippen LogP contribution in [-0.4, -0.2) is 47.0 Å². The molecule has 1 aromatic heterocycles. The van der Waals surface area contributed by atoms with Gasteiger partial charge in [0.25, 0.3) is 5.91 Å². The number of likely N-dealkylation sites (N-methyl/N-ethyl adjacent to an activating group) is 1. The number of nitrogens with zero attached hydrogens (tertiary/aromatic N) is 3. The standard InChI is InChI=1S/C29H28F2N4O2/c1-3-35(4-2)17-18-37-27-8-6-5-7-24(27)34-29(36)28-32-25(20-9-13-22(30)14-10-20)19-26(33-28)21-11-15-23(31)16-12-21/h5-16,19H,3-4,17-18H2,1-2H3,(H,34,36). The van der Waals surface area contributed by atoms with Gasteiger partial charge < -0.3 is 15.0 Å². The van der Waals surface area contributed by atoms with Crippen molar-refractivity contribution in [2.75, 3.05) is 31.6 Å². The van der Waals surface area contributed by atoms with Gasteiger partial charge in [0.2, 0.25) is 5.82 Å². The molecule has 0 bridgehead atoms. The van der Waals surface area contributed by atoms with E-state index in [9.17, 15) is 13.6 Å². The monoisotopic (exact) mass is 502 g/mol. The molecule has 0 aliphatic rings. The maximum Gasteiger partial charge on any atom is 0.293 e. The highest BCUT2D eigenvalue weighted by Crippen LogP contribution is 2.27. The zero-order valence-corrected chi connectivity index (χ0v) is 20.7. The summed E-state index contributed by atoms with van der Waals surface area (Å²) < 4.78 is 32.9. The quantitative estimate of drug-likeness (QED) is 0.285. The third-order valence-corrected chi connectivity index (χ3v) is 5.90. The summed E-state index contributed by atoms with van der Waals surface area (Å²) in [6, 6.07) is 20.4. The number of rotatable bonds is 10. The second-order valence-corrected chi connectivity index (χ2v) is 8.30. The summed E-state index contributed by atoms with van der Waals surface area (Å²) in [6.45, 7) is 7.28. The average molecular weight is 503 g/mol. The summed E-state index contributed by atoms with van der Waals surface area (Å²) in [6.07, 6.45) is 0. The van der Waals surface area contributed by atoms with Crippen LogP contribution in [0.1, 0.15) is 24.5 Å². The van der Waals surface area contributed by atoms with E-state index in [-0.39, 0.29) is 17.5 Å². The van der Waals surface area contributed by atoms with Crippen LogP contribution in [0.25, 0.3) is 22.5 Å². The lowest BCUT2D eigenvalue weighted by Gasteiger charge is -2.19. The lowest BCUT2D eigenvalue weighted by atomic mass is 10.1. The Kier molecular flexibility index (Phi) is 8.53. The average Bonchev–Trinajstić information content (AvgIpc) is 2.92. The van der Waals surface area contributed by atoms with Crippen LogP contribution >= 0.6 is 0 Å². The molecule has 37 heavy (non-hydrogen) atoms. The van der Waals surface area contributed by atoms with Crippen LogP contribution in [0, 0.1) is 11.6 Å². The first-order chi connectivity index (χ1) is 18.0. The second kappa shape index (κ2) is 12.2. The number of para-hydroxylation sites is 2. The first-order valence-corrected chi connectivity index (χ1v) is 12.1. The molecule has 0 unspecified atom stereocenters. The number of anilines is 1. The van der Waals surface area contributed by atoms with Crippen molar-refractivity contribution in [1.82, 2.24) is 14.9 Å². The molecular formula is C29H28F2N4O2. The Morgan fingerprint density at radius 3 is 1.92 bits per heavy atom. The number of halogens is 2. The molecule has 190 valence electrons. The van der Waals surface area contributed by atoms with Gasteiger partial charge in [-0.2, -0.15) is 0 Å². The molecule has 0 radical (unpaired) electrons. The largest absolute Gasteiger partial charge is 0.490 e. The third kappa shape index (κ3) is 6.74. The Bertz CT molecular complexity index is 1280. The number of ether oxygens (including phenoxy) is 1. The number of nitrogens with one attached hydrogen (secondary N) is 1. The molecule has 0 fully saturated rings. The van der Waals surface area contributed by atoms with Crippen molar-refractivity contribution in [2.24, 2.45) is 0 Å². The van der Waals surface area contributed by atoms with Gasteiger partial charge in [0.05, 0.1) is 17.1 Å². The Morgan fingerprint density at radius 2 is 1.38 bits per heavy atom. The van der Waals surface area contributed by atoms with Crippen molar-refractivity contribution in [3.8, 4) is 28.3 Å². The molecule has 3 aromatic carbocycles. The van der Waals surface area contributed by atoms with Crippen LogP contribution in [-0.2, 0) is 0 Å². The summed E-state index contributed by atoms with van der Waals surface area (Å²) in [7, 11) is 0. The first kappa shape index (κ1) is 25.9. The van der Waals surface area contributed by atoms with E-state index >= 15 is 0 Å². The highest BCUT2D eigenvalue weighted by molar-refractivity contribution is 6.03. The van der Waals surface area contributed by atoms with Crippen LogP contribution in [0.4, 0.5) is 14.5 Å². The number of amides is 1. The summed E-state index contributed by atoms with van der Waals surface area (Å²) in [4.78, 5) is 24.4. The van der Waals surface area contributed by atoms with Crippen LogP contribution in [0.15, 0.2) is 78.9 Å². The van der Waals surface area contributed by atoms with Gasteiger partial charge in [0, 0.05) is 17.7 Å². The Labute approximate surface area is 215 Å². The molecule has 4 aromatic rings. The third-order valence-electron chi connectivity index (χ3n) is 5.90. The molecular weight excluding hydrogens is 474 g/mol. The van der Waals surface area contributed by atoms with E-state index in [2.05, 4.69) is 34.0 Å². The SMILES string of the molecule is CCN(CC)CCOc1ccccc1NC(=O)c1nc(-c2ccc(F)cc2)cc(-c2ccc(F)cc2)n1. The minimum absolute atomic E-state index is 0.0842. The molecule has 0 saturated carbocycles. The summed E-state index contributed by atoms with van der Waals surface area (Å²) in [5, 5.41) is 2.85. The molecule has 0 aliphatic carbocycles. The number of benzene rings is 3. The fourth-order valence-corrected chi connectivity index (χ4v) is 3.78.